The van der Waals surface area contributed by atoms with Gasteiger partial charge in [0, 0.05) is 31.7 Å². The third kappa shape index (κ3) is 4.03. The molecule has 0 radical (unpaired) electrons. The van der Waals surface area contributed by atoms with E-state index in [0.717, 1.165) is 5.56 Å². The summed E-state index contributed by atoms with van der Waals surface area (Å²) in [7, 11) is -3.72. The van der Waals surface area contributed by atoms with Crippen LogP contribution in [-0.2, 0) is 19.6 Å². The summed E-state index contributed by atoms with van der Waals surface area (Å²) in [5, 5.41) is 0. The van der Waals surface area contributed by atoms with Crippen LogP contribution in [-0.4, -0.2) is 72.9 Å². The molecule has 0 saturated carbocycles. The Balaban J connectivity index is 1.37. The van der Waals surface area contributed by atoms with Gasteiger partial charge in [-0.05, 0) is 31.0 Å². The molecule has 2 saturated heterocycles. The van der Waals surface area contributed by atoms with Gasteiger partial charge in [0.15, 0.2) is 0 Å². The SMILES string of the molecule is O=C([C@H]1CCCN(S(=O)(=O)c2ccc3nc(-c4ccccc4)[nH]c3c2)C1)N1CCOCC1. The fourth-order valence-corrected chi connectivity index (χ4v) is 5.99. The highest BCUT2D eigenvalue weighted by atomic mass is 32.2. The van der Waals surface area contributed by atoms with Crippen LogP contribution in [0, 0.1) is 5.92 Å². The Bertz CT molecular complexity index is 1220. The van der Waals surface area contributed by atoms with Crippen LogP contribution in [0.3, 0.4) is 0 Å². The van der Waals surface area contributed by atoms with E-state index >= 15 is 0 Å². The van der Waals surface area contributed by atoms with Crippen LogP contribution >= 0.6 is 0 Å². The number of morpholine rings is 1. The molecule has 1 atom stereocenters. The summed E-state index contributed by atoms with van der Waals surface area (Å²) in [6.07, 6.45) is 1.38. The molecule has 3 heterocycles. The lowest BCUT2D eigenvalue weighted by Crippen LogP contribution is -2.49. The van der Waals surface area contributed by atoms with Gasteiger partial charge in [-0.3, -0.25) is 4.79 Å². The number of fused-ring (bicyclic) bond motifs is 1. The minimum absolute atomic E-state index is 0.0322. The Labute approximate surface area is 187 Å². The molecule has 0 aliphatic carbocycles. The number of sulfonamides is 1. The third-order valence-electron chi connectivity index (χ3n) is 6.19. The van der Waals surface area contributed by atoms with Crippen molar-refractivity contribution in [1.82, 2.24) is 19.2 Å². The van der Waals surface area contributed by atoms with Crippen molar-refractivity contribution >= 4 is 27.0 Å². The maximum Gasteiger partial charge on any atom is 0.243 e. The van der Waals surface area contributed by atoms with Gasteiger partial charge in [-0.2, -0.15) is 4.31 Å². The van der Waals surface area contributed by atoms with Crippen molar-refractivity contribution in [2.75, 3.05) is 39.4 Å². The highest BCUT2D eigenvalue weighted by Crippen LogP contribution is 2.28. The number of piperidine rings is 1. The quantitative estimate of drug-likeness (QED) is 0.654. The van der Waals surface area contributed by atoms with Gasteiger partial charge in [0.25, 0.3) is 0 Å². The van der Waals surface area contributed by atoms with E-state index in [1.165, 1.54) is 4.31 Å². The molecule has 5 rings (SSSR count). The van der Waals surface area contributed by atoms with Gasteiger partial charge in [0.2, 0.25) is 15.9 Å². The summed E-state index contributed by atoms with van der Waals surface area (Å²) >= 11 is 0. The minimum atomic E-state index is -3.72. The Morgan fingerprint density at radius 3 is 2.62 bits per heavy atom. The van der Waals surface area contributed by atoms with E-state index in [4.69, 9.17) is 4.74 Å². The molecule has 1 amide bonds. The van der Waals surface area contributed by atoms with Gasteiger partial charge in [-0.1, -0.05) is 30.3 Å². The number of H-pyrrole nitrogens is 1. The van der Waals surface area contributed by atoms with Gasteiger partial charge < -0.3 is 14.6 Å². The lowest BCUT2D eigenvalue weighted by molar-refractivity contribution is -0.140. The number of ether oxygens (including phenoxy) is 1. The van der Waals surface area contributed by atoms with E-state index in [9.17, 15) is 13.2 Å². The van der Waals surface area contributed by atoms with Crippen molar-refractivity contribution in [3.05, 3.63) is 48.5 Å². The van der Waals surface area contributed by atoms with Crippen LogP contribution in [0.2, 0.25) is 0 Å². The van der Waals surface area contributed by atoms with Crippen LogP contribution in [0.5, 0.6) is 0 Å². The van der Waals surface area contributed by atoms with Crippen LogP contribution in [0.15, 0.2) is 53.4 Å². The van der Waals surface area contributed by atoms with Crippen molar-refractivity contribution < 1.29 is 17.9 Å². The largest absolute Gasteiger partial charge is 0.378 e. The van der Waals surface area contributed by atoms with Gasteiger partial charge in [-0.15, -0.1) is 0 Å². The molecule has 3 aromatic rings. The van der Waals surface area contributed by atoms with E-state index in [2.05, 4.69) is 9.97 Å². The highest BCUT2D eigenvalue weighted by Gasteiger charge is 2.35. The van der Waals surface area contributed by atoms with Gasteiger partial charge >= 0.3 is 0 Å². The molecule has 2 fully saturated rings. The number of benzene rings is 2. The van der Waals surface area contributed by atoms with Crippen molar-refractivity contribution in [3.8, 4) is 11.4 Å². The first kappa shape index (κ1) is 21.1. The minimum Gasteiger partial charge on any atom is -0.378 e. The zero-order chi connectivity index (χ0) is 22.1. The third-order valence-corrected chi connectivity index (χ3v) is 8.06. The number of imidazole rings is 1. The van der Waals surface area contributed by atoms with Crippen LogP contribution in [0.4, 0.5) is 0 Å². The van der Waals surface area contributed by atoms with Crippen LogP contribution < -0.4 is 0 Å². The van der Waals surface area contributed by atoms with E-state index in [0.29, 0.717) is 62.5 Å². The fraction of sp³-hybridized carbons (Fsp3) is 0.391. The summed E-state index contributed by atoms with van der Waals surface area (Å²) in [6.45, 7) is 2.86. The topological polar surface area (TPSA) is 95.6 Å². The van der Waals surface area contributed by atoms with E-state index in [1.54, 1.807) is 23.1 Å². The van der Waals surface area contributed by atoms with Crippen LogP contribution in [0.25, 0.3) is 22.4 Å². The molecule has 8 nitrogen and oxygen atoms in total. The molecule has 0 spiro atoms. The first-order chi connectivity index (χ1) is 15.5. The summed E-state index contributed by atoms with van der Waals surface area (Å²) in [4.78, 5) is 22.7. The molecule has 2 aliphatic heterocycles. The lowest BCUT2D eigenvalue weighted by Gasteiger charge is -2.35. The average Bonchev–Trinajstić information content (AvgIpc) is 3.28. The molecule has 9 heteroatoms. The fourth-order valence-electron chi connectivity index (χ4n) is 4.44. The van der Waals surface area contributed by atoms with Gasteiger partial charge in [0.1, 0.15) is 5.82 Å². The van der Waals surface area contributed by atoms with Gasteiger partial charge in [0.05, 0.1) is 35.1 Å². The molecule has 0 bridgehead atoms. The number of aromatic amines is 1. The zero-order valence-electron chi connectivity index (χ0n) is 17.7. The van der Waals surface area contributed by atoms with Crippen molar-refractivity contribution in [3.63, 3.8) is 0 Å². The number of rotatable bonds is 4. The normalized spacial score (nSPS) is 20.5. The molecule has 32 heavy (non-hydrogen) atoms. The lowest BCUT2D eigenvalue weighted by atomic mass is 9.98. The Kier molecular flexibility index (Phi) is 5.71. The molecule has 2 aliphatic rings. The number of hydrogen-bond acceptors (Lipinski definition) is 5. The predicted molar refractivity (Wildman–Crippen MR) is 120 cm³/mol. The summed E-state index contributed by atoms with van der Waals surface area (Å²) in [5.41, 5.74) is 2.32. The Hall–Kier alpha value is -2.75. The second kappa shape index (κ2) is 8.65. The van der Waals surface area contributed by atoms with Gasteiger partial charge in [-0.25, -0.2) is 13.4 Å². The smallest absolute Gasteiger partial charge is 0.243 e. The Morgan fingerprint density at radius 1 is 1.06 bits per heavy atom. The molecule has 168 valence electrons. The van der Waals surface area contributed by atoms with Crippen LogP contribution in [0.1, 0.15) is 12.8 Å². The molecule has 0 unspecified atom stereocenters. The first-order valence-corrected chi connectivity index (χ1v) is 12.4. The summed E-state index contributed by atoms with van der Waals surface area (Å²) in [6, 6.07) is 14.7. The van der Waals surface area contributed by atoms with E-state index in [1.807, 2.05) is 30.3 Å². The number of nitrogens with one attached hydrogen (secondary N) is 1. The standard InChI is InChI=1S/C23H26N4O4S/c28-23(26-11-13-31-14-12-26)18-7-4-10-27(16-18)32(29,30)19-8-9-20-21(15-19)25-22(24-20)17-5-2-1-3-6-17/h1-3,5-6,8-9,15,18H,4,7,10-14,16H2,(H,24,25)/t18-/m0/s1. The molecule has 1 aromatic heterocycles. The first-order valence-electron chi connectivity index (χ1n) is 10.9. The maximum absolute atomic E-state index is 13.4. The van der Waals surface area contributed by atoms with Crippen molar-refractivity contribution in [2.45, 2.75) is 17.7 Å². The molecular formula is C23H26N4O4S. The molecule has 2 aromatic carbocycles. The number of aromatic nitrogens is 2. The maximum atomic E-state index is 13.4. The van der Waals surface area contributed by atoms with E-state index in [-0.39, 0.29) is 23.3 Å². The zero-order valence-corrected chi connectivity index (χ0v) is 18.6. The number of carbonyl (C=O) groups is 1. The highest BCUT2D eigenvalue weighted by molar-refractivity contribution is 7.89. The number of nitrogens with zero attached hydrogens (tertiary/aromatic N) is 3. The summed E-state index contributed by atoms with van der Waals surface area (Å²) < 4.78 is 33.6. The van der Waals surface area contributed by atoms with Crippen molar-refractivity contribution in [1.29, 1.82) is 0 Å². The molecular weight excluding hydrogens is 428 g/mol. The second-order valence-corrected chi connectivity index (χ2v) is 10.2. The summed E-state index contributed by atoms with van der Waals surface area (Å²) in [5.74, 6) is 0.422. The van der Waals surface area contributed by atoms with E-state index < -0.39 is 10.0 Å². The second-order valence-electron chi connectivity index (χ2n) is 8.27. The Morgan fingerprint density at radius 2 is 1.84 bits per heavy atom. The predicted octanol–water partition coefficient (Wildman–Crippen LogP) is 2.49. The number of hydrogen-bond donors (Lipinski definition) is 1. The number of carbonyl (C=O) groups excluding carboxylic acids is 1. The van der Waals surface area contributed by atoms with Crippen molar-refractivity contribution in [2.24, 2.45) is 5.92 Å². The average molecular weight is 455 g/mol. The number of amides is 1. The monoisotopic (exact) mass is 454 g/mol. The molecule has 1 N–H and O–H groups in total.